The van der Waals surface area contributed by atoms with Crippen molar-refractivity contribution in [3.05, 3.63) is 59.7 Å². The summed E-state index contributed by atoms with van der Waals surface area (Å²) >= 11 is 0.429. The van der Waals surface area contributed by atoms with Crippen LogP contribution in [-0.2, 0) is 34.4 Å². The minimum Gasteiger partial charge on any atom is -0.493 e. The lowest BCUT2D eigenvalue weighted by atomic mass is 10.2. The number of hydrogen-bond donors (Lipinski definition) is 4. The summed E-state index contributed by atoms with van der Waals surface area (Å²) in [6.07, 6.45) is 3.50. The Morgan fingerprint density at radius 3 is 2.35 bits per heavy atom. The van der Waals surface area contributed by atoms with Crippen LogP contribution in [0.2, 0.25) is 0 Å². The Kier molecular flexibility index (Phi) is 11.6. The smallest absolute Gasteiger partial charge is 0.343 e. The molecule has 0 saturated carbocycles. The van der Waals surface area contributed by atoms with Gasteiger partial charge in [-0.05, 0) is 60.9 Å². The van der Waals surface area contributed by atoms with Crippen LogP contribution in [0.25, 0.3) is 6.08 Å². The van der Waals surface area contributed by atoms with Gasteiger partial charge in [-0.1, -0.05) is 17.4 Å². The average Bonchev–Trinajstić information content (AvgIpc) is 3.42. The molecule has 0 amide bonds. The van der Waals surface area contributed by atoms with Gasteiger partial charge in [0, 0.05) is 6.08 Å². The molecule has 0 unspecified atom stereocenters. The number of aromatic nitrogens is 2. The predicted molar refractivity (Wildman–Crippen MR) is 147 cm³/mol. The number of carbonyl (C=O) groups is 2. The number of ether oxygens (including phenoxy) is 3. The second-order valence-electron chi connectivity index (χ2n) is 8.14. The average molecular weight is 660 g/mol. The summed E-state index contributed by atoms with van der Waals surface area (Å²) in [5, 5.41) is 27.8. The summed E-state index contributed by atoms with van der Waals surface area (Å²) in [6.45, 7) is 0.123. The molecule has 3 aromatic rings. The third-order valence-electron chi connectivity index (χ3n) is 5.06. The molecular formula is C23H25N5O12S3. The summed E-state index contributed by atoms with van der Waals surface area (Å²) in [6, 6.07) is 9.19. The van der Waals surface area contributed by atoms with Crippen molar-refractivity contribution < 1.29 is 55.9 Å². The maximum absolute atomic E-state index is 12.7. The number of carbonyl (C=O) groups excluding carboxylic acids is 2. The predicted octanol–water partition coefficient (Wildman–Crippen LogP) is 1.56. The van der Waals surface area contributed by atoms with E-state index >= 15 is 0 Å². The van der Waals surface area contributed by atoms with Crippen LogP contribution in [0.15, 0.2) is 57.8 Å². The van der Waals surface area contributed by atoms with Crippen LogP contribution < -0.4 is 19.3 Å². The van der Waals surface area contributed by atoms with Crippen molar-refractivity contribution in [3.63, 3.8) is 0 Å². The van der Waals surface area contributed by atoms with E-state index in [2.05, 4.69) is 19.8 Å². The van der Waals surface area contributed by atoms with E-state index in [9.17, 15) is 26.4 Å². The number of unbranched alkanes of at least 4 members (excludes halogenated alkanes) is 1. The highest BCUT2D eigenvalue weighted by Crippen LogP contribution is 2.30. The summed E-state index contributed by atoms with van der Waals surface area (Å²) in [4.78, 5) is 28.7. The van der Waals surface area contributed by atoms with E-state index in [1.54, 1.807) is 6.07 Å². The quantitative estimate of drug-likeness (QED) is 0.0594. The summed E-state index contributed by atoms with van der Waals surface area (Å²) in [5.41, 5.74) is 0.540. The number of nitrogens with zero attached hydrogens (tertiary/aromatic N) is 3. The van der Waals surface area contributed by atoms with Crippen LogP contribution >= 0.6 is 11.3 Å². The van der Waals surface area contributed by atoms with Gasteiger partial charge in [-0.25, -0.2) is 31.6 Å². The van der Waals surface area contributed by atoms with E-state index in [1.807, 2.05) is 0 Å². The van der Waals surface area contributed by atoms with Crippen molar-refractivity contribution in [2.75, 3.05) is 25.0 Å². The Balaban J connectivity index is 1.58. The molecule has 1 aromatic heterocycles. The van der Waals surface area contributed by atoms with E-state index in [0.717, 1.165) is 12.1 Å². The van der Waals surface area contributed by atoms with Crippen molar-refractivity contribution in [1.82, 2.24) is 15.6 Å². The van der Waals surface area contributed by atoms with Crippen LogP contribution in [0.4, 0.5) is 5.13 Å². The van der Waals surface area contributed by atoms with Gasteiger partial charge in [0.15, 0.2) is 11.5 Å². The first kappa shape index (κ1) is 33.5. The normalized spacial score (nSPS) is 11.9. The van der Waals surface area contributed by atoms with Crippen molar-refractivity contribution in [3.8, 4) is 11.5 Å². The Bertz CT molecular complexity index is 1670. The van der Waals surface area contributed by atoms with Gasteiger partial charge >= 0.3 is 11.9 Å². The molecule has 0 bridgehead atoms. The number of methoxy groups -OCH3 is 1. The molecule has 20 heteroatoms. The minimum atomic E-state index is -4.20. The number of rotatable bonds is 15. The van der Waals surface area contributed by atoms with E-state index in [0.29, 0.717) is 29.7 Å². The van der Waals surface area contributed by atoms with Crippen molar-refractivity contribution >= 4 is 54.5 Å². The number of esters is 2. The highest BCUT2D eigenvalue weighted by Gasteiger charge is 2.21. The maximum Gasteiger partial charge on any atom is 0.343 e. The molecule has 0 aliphatic carbocycles. The fraction of sp³-hybridized carbons (Fsp3) is 0.217. The lowest BCUT2D eigenvalue weighted by molar-refractivity contribution is -0.492. The number of nitrogens with two attached hydrogens (primary N) is 1. The molecule has 43 heavy (non-hydrogen) atoms. The zero-order valence-electron chi connectivity index (χ0n) is 22.1. The molecule has 1 heterocycles. The van der Waals surface area contributed by atoms with E-state index in [4.69, 9.17) is 29.8 Å². The first-order chi connectivity index (χ1) is 20.3. The van der Waals surface area contributed by atoms with Crippen LogP contribution in [0, 0.1) is 0 Å². The van der Waals surface area contributed by atoms with Crippen molar-refractivity contribution in [2.24, 2.45) is 5.14 Å². The first-order valence-corrected chi connectivity index (χ1v) is 15.7. The first-order valence-electron chi connectivity index (χ1n) is 11.8. The standard InChI is InChI=1S/C23H25N5O12S3/c1-37-19-14-15(5-11-20(29)38-12-2-3-13-39-28(31)32)4-10-18(19)40-21(30)16-6-8-17(9-7-16)43(35,36)27-22-25-26-23(41-22)42(24,33)34/h4-11,14,31-32H,2-3,12-13H2,1H3,(H,25,27)(H2,24,33,34)/b11-5+. The zero-order chi connectivity index (χ0) is 31.6. The Morgan fingerprint density at radius 2 is 1.72 bits per heavy atom. The number of primary sulfonamides is 1. The Hall–Kier alpha value is -4.02. The molecule has 232 valence electrons. The van der Waals surface area contributed by atoms with Gasteiger partial charge in [0.2, 0.25) is 9.47 Å². The topological polar surface area (TPSA) is 247 Å². The highest BCUT2D eigenvalue weighted by molar-refractivity contribution is 7.93. The number of benzene rings is 2. The molecule has 0 fully saturated rings. The van der Waals surface area contributed by atoms with Gasteiger partial charge in [-0.15, -0.1) is 10.2 Å². The molecule has 0 saturated heterocycles. The third kappa shape index (κ3) is 10.3. The number of hydrogen-bond acceptors (Lipinski definition) is 16. The molecular weight excluding hydrogens is 634 g/mol. The largest absolute Gasteiger partial charge is 0.493 e. The Labute approximate surface area is 249 Å². The van der Waals surface area contributed by atoms with Gasteiger partial charge < -0.3 is 14.2 Å². The van der Waals surface area contributed by atoms with Gasteiger partial charge in [0.05, 0.1) is 36.2 Å². The number of sulfonamides is 2. The van der Waals surface area contributed by atoms with Crippen LogP contribution in [0.3, 0.4) is 0 Å². The molecule has 2 aromatic carbocycles. The van der Waals surface area contributed by atoms with Crippen LogP contribution in [0.5, 0.6) is 11.5 Å². The Morgan fingerprint density at radius 1 is 1.02 bits per heavy atom. The second-order valence-corrected chi connectivity index (χ2v) is 12.5. The third-order valence-corrected chi connectivity index (χ3v) is 8.70. The molecule has 0 spiro atoms. The molecule has 0 aliphatic rings. The van der Waals surface area contributed by atoms with Crippen LogP contribution in [-0.4, -0.2) is 75.1 Å². The summed E-state index contributed by atoms with van der Waals surface area (Å²) in [7, 11) is -7.00. The van der Waals surface area contributed by atoms with E-state index < -0.39 is 41.7 Å². The van der Waals surface area contributed by atoms with E-state index in [1.165, 1.54) is 43.5 Å². The second kappa shape index (κ2) is 14.9. The van der Waals surface area contributed by atoms with Gasteiger partial charge in [-0.3, -0.25) is 20.0 Å². The lowest BCUT2D eigenvalue weighted by Crippen LogP contribution is -2.15. The van der Waals surface area contributed by atoms with Gasteiger partial charge in [0.1, 0.15) is 0 Å². The van der Waals surface area contributed by atoms with E-state index in [-0.39, 0.29) is 40.3 Å². The zero-order valence-corrected chi connectivity index (χ0v) is 24.6. The monoisotopic (exact) mass is 659 g/mol. The maximum atomic E-state index is 12.7. The molecule has 0 radical (unpaired) electrons. The fourth-order valence-electron chi connectivity index (χ4n) is 3.08. The fourth-order valence-corrected chi connectivity index (χ4v) is 5.64. The number of nitrogens with one attached hydrogen (secondary N) is 1. The SMILES string of the molecule is COc1cc(/C=C/C(=O)OCCCCON(O)O)ccc1OC(=O)c1ccc(S(=O)(=O)Nc2nnc(S(N)(=O)=O)s2)cc1. The van der Waals surface area contributed by atoms with Gasteiger partial charge in [-0.2, -0.15) is 0 Å². The molecule has 17 nitrogen and oxygen atoms in total. The van der Waals surface area contributed by atoms with Gasteiger partial charge in [0.25, 0.3) is 20.0 Å². The molecule has 5 N–H and O–H groups in total. The molecule has 3 rings (SSSR count). The number of anilines is 1. The molecule has 0 aliphatic heterocycles. The summed E-state index contributed by atoms with van der Waals surface area (Å²) in [5.74, 6) is -1.21. The van der Waals surface area contributed by atoms with Crippen LogP contribution in [0.1, 0.15) is 28.8 Å². The molecule has 0 atom stereocenters. The minimum absolute atomic E-state index is 0.0109. The summed E-state index contributed by atoms with van der Waals surface area (Å²) < 4.78 is 65.1. The van der Waals surface area contributed by atoms with Crippen molar-refractivity contribution in [1.29, 1.82) is 0 Å². The van der Waals surface area contributed by atoms with Crippen molar-refractivity contribution in [2.45, 2.75) is 22.1 Å². The highest BCUT2D eigenvalue weighted by atomic mass is 32.2. The lowest BCUT2D eigenvalue weighted by Gasteiger charge is -2.10.